The van der Waals surface area contributed by atoms with Gasteiger partial charge in [-0.15, -0.1) is 0 Å². The van der Waals surface area contributed by atoms with Gasteiger partial charge in [0.05, 0.1) is 6.61 Å². The lowest BCUT2D eigenvalue weighted by molar-refractivity contribution is 0.110. The molecular weight excluding hydrogens is 226 g/mol. The van der Waals surface area contributed by atoms with Crippen molar-refractivity contribution in [2.75, 3.05) is 26.4 Å². The van der Waals surface area contributed by atoms with E-state index in [9.17, 15) is 0 Å². The van der Waals surface area contributed by atoms with Crippen LogP contribution in [0.5, 0.6) is 5.75 Å². The molecule has 102 valence electrons. The molecule has 0 aromatic heterocycles. The summed E-state index contributed by atoms with van der Waals surface area (Å²) in [6.45, 7) is 11.3. The molecule has 0 spiro atoms. The maximum Gasteiger partial charge on any atom is 0.122 e. The Kier molecular flexibility index (Phi) is 6.76. The molecule has 0 saturated carbocycles. The molecule has 18 heavy (non-hydrogen) atoms. The smallest absolute Gasteiger partial charge is 0.122 e. The monoisotopic (exact) mass is 251 g/mol. The molecule has 1 unspecified atom stereocenters. The summed E-state index contributed by atoms with van der Waals surface area (Å²) in [6, 6.07) is 6.73. The topological polar surface area (TPSA) is 30.5 Å². The minimum atomic E-state index is 0.381. The predicted octanol–water partition coefficient (Wildman–Crippen LogP) is 3.08. The van der Waals surface area contributed by atoms with Crippen molar-refractivity contribution in [1.82, 2.24) is 5.32 Å². The summed E-state index contributed by atoms with van der Waals surface area (Å²) in [7, 11) is 0. The van der Waals surface area contributed by atoms with Crippen LogP contribution in [0, 0.1) is 6.92 Å². The average Bonchev–Trinajstić information content (AvgIpc) is 2.36. The van der Waals surface area contributed by atoms with Crippen molar-refractivity contribution >= 4 is 0 Å². The largest absolute Gasteiger partial charge is 0.491 e. The second kappa shape index (κ2) is 8.11. The predicted molar refractivity (Wildman–Crippen MR) is 75.3 cm³/mol. The first-order valence-corrected chi connectivity index (χ1v) is 6.73. The van der Waals surface area contributed by atoms with Crippen LogP contribution >= 0.6 is 0 Å². The molecule has 0 aliphatic heterocycles. The molecule has 0 heterocycles. The Labute approximate surface area is 110 Å². The maximum absolute atomic E-state index is 5.69. The minimum Gasteiger partial charge on any atom is -0.491 e. The van der Waals surface area contributed by atoms with Crippen LogP contribution < -0.4 is 10.1 Å². The summed E-state index contributed by atoms with van der Waals surface area (Å²) in [5, 5.41) is 3.41. The van der Waals surface area contributed by atoms with E-state index in [4.69, 9.17) is 9.47 Å². The van der Waals surface area contributed by atoms with Crippen molar-refractivity contribution in [3.8, 4) is 5.75 Å². The standard InChI is InChI=1S/C15H25NO2/c1-5-16-13(4)14-7-8-15(12(3)11-14)18-10-9-17-6-2/h7-8,11,13,16H,5-6,9-10H2,1-4H3. The van der Waals surface area contributed by atoms with Gasteiger partial charge < -0.3 is 14.8 Å². The van der Waals surface area contributed by atoms with E-state index >= 15 is 0 Å². The number of benzene rings is 1. The van der Waals surface area contributed by atoms with E-state index in [1.165, 1.54) is 11.1 Å². The molecule has 1 rings (SSSR count). The second-order valence-corrected chi connectivity index (χ2v) is 4.35. The van der Waals surface area contributed by atoms with Gasteiger partial charge in [0.2, 0.25) is 0 Å². The summed E-state index contributed by atoms with van der Waals surface area (Å²) in [4.78, 5) is 0. The molecule has 0 aliphatic rings. The highest BCUT2D eigenvalue weighted by Crippen LogP contribution is 2.22. The van der Waals surface area contributed by atoms with Gasteiger partial charge in [-0.25, -0.2) is 0 Å². The lowest BCUT2D eigenvalue weighted by atomic mass is 10.1. The summed E-state index contributed by atoms with van der Waals surface area (Å²) in [5.74, 6) is 0.946. The summed E-state index contributed by atoms with van der Waals surface area (Å²) in [6.07, 6.45) is 0. The van der Waals surface area contributed by atoms with Crippen molar-refractivity contribution in [1.29, 1.82) is 0 Å². The fraction of sp³-hybridized carbons (Fsp3) is 0.600. The van der Waals surface area contributed by atoms with Crippen molar-refractivity contribution in [2.45, 2.75) is 33.7 Å². The minimum absolute atomic E-state index is 0.381. The highest BCUT2D eigenvalue weighted by atomic mass is 16.5. The molecule has 3 nitrogen and oxygen atoms in total. The zero-order valence-corrected chi connectivity index (χ0v) is 12.0. The summed E-state index contributed by atoms with van der Waals surface area (Å²) in [5.41, 5.74) is 2.47. The number of hydrogen-bond donors (Lipinski definition) is 1. The first-order valence-electron chi connectivity index (χ1n) is 6.73. The van der Waals surface area contributed by atoms with Crippen LogP contribution in [0.15, 0.2) is 18.2 Å². The highest BCUT2D eigenvalue weighted by Gasteiger charge is 2.06. The zero-order valence-electron chi connectivity index (χ0n) is 12.0. The molecule has 0 aliphatic carbocycles. The average molecular weight is 251 g/mol. The molecule has 0 bridgehead atoms. The van der Waals surface area contributed by atoms with Crippen LogP contribution in [0.3, 0.4) is 0 Å². The number of hydrogen-bond acceptors (Lipinski definition) is 3. The van der Waals surface area contributed by atoms with E-state index in [0.29, 0.717) is 19.3 Å². The molecule has 1 N–H and O–H groups in total. The normalized spacial score (nSPS) is 12.4. The van der Waals surface area contributed by atoms with E-state index in [1.807, 2.05) is 13.0 Å². The van der Waals surface area contributed by atoms with Crippen molar-refractivity contribution in [2.24, 2.45) is 0 Å². The van der Waals surface area contributed by atoms with E-state index in [1.54, 1.807) is 0 Å². The fourth-order valence-corrected chi connectivity index (χ4v) is 1.88. The molecule has 0 fully saturated rings. The van der Waals surface area contributed by atoms with Crippen LogP contribution in [0.4, 0.5) is 0 Å². The highest BCUT2D eigenvalue weighted by molar-refractivity contribution is 5.37. The first kappa shape index (κ1) is 15.0. The Morgan fingerprint density at radius 2 is 2.00 bits per heavy atom. The number of ether oxygens (including phenoxy) is 2. The van der Waals surface area contributed by atoms with Crippen molar-refractivity contribution in [3.05, 3.63) is 29.3 Å². The molecule has 1 aromatic rings. The van der Waals surface area contributed by atoms with E-state index in [0.717, 1.165) is 18.9 Å². The molecule has 0 radical (unpaired) electrons. The quantitative estimate of drug-likeness (QED) is 0.720. The number of aryl methyl sites for hydroxylation is 1. The van der Waals surface area contributed by atoms with E-state index < -0.39 is 0 Å². The van der Waals surface area contributed by atoms with Gasteiger partial charge in [0.15, 0.2) is 0 Å². The lowest BCUT2D eigenvalue weighted by Gasteiger charge is -2.15. The second-order valence-electron chi connectivity index (χ2n) is 4.35. The Morgan fingerprint density at radius 3 is 2.61 bits per heavy atom. The van der Waals surface area contributed by atoms with Crippen LogP contribution in [0.2, 0.25) is 0 Å². The third-order valence-corrected chi connectivity index (χ3v) is 2.90. The Bertz CT molecular complexity index is 352. The fourth-order valence-electron chi connectivity index (χ4n) is 1.88. The van der Waals surface area contributed by atoms with Crippen LogP contribution in [0.25, 0.3) is 0 Å². The van der Waals surface area contributed by atoms with Gasteiger partial charge >= 0.3 is 0 Å². The molecule has 3 heteroatoms. The Balaban J connectivity index is 2.56. The molecular formula is C15H25NO2. The third-order valence-electron chi connectivity index (χ3n) is 2.90. The van der Waals surface area contributed by atoms with Gasteiger partial charge in [-0.1, -0.05) is 19.1 Å². The van der Waals surface area contributed by atoms with Crippen LogP contribution in [-0.2, 0) is 4.74 Å². The number of nitrogens with one attached hydrogen (secondary N) is 1. The van der Waals surface area contributed by atoms with Gasteiger partial charge in [0.1, 0.15) is 12.4 Å². The lowest BCUT2D eigenvalue weighted by Crippen LogP contribution is -2.17. The van der Waals surface area contributed by atoms with Crippen molar-refractivity contribution in [3.63, 3.8) is 0 Å². The van der Waals surface area contributed by atoms with Gasteiger partial charge in [-0.2, -0.15) is 0 Å². The van der Waals surface area contributed by atoms with Gasteiger partial charge in [-0.3, -0.25) is 0 Å². The van der Waals surface area contributed by atoms with Crippen LogP contribution in [-0.4, -0.2) is 26.4 Å². The SMILES string of the molecule is CCNC(C)c1ccc(OCCOCC)c(C)c1. The molecule has 1 aromatic carbocycles. The first-order chi connectivity index (χ1) is 8.69. The number of rotatable bonds is 8. The zero-order chi connectivity index (χ0) is 13.4. The van der Waals surface area contributed by atoms with Gasteiger partial charge in [0, 0.05) is 12.6 Å². The van der Waals surface area contributed by atoms with Gasteiger partial charge in [-0.05, 0) is 44.5 Å². The van der Waals surface area contributed by atoms with E-state index in [2.05, 4.69) is 38.2 Å². The maximum atomic E-state index is 5.69. The third kappa shape index (κ3) is 4.67. The Hall–Kier alpha value is -1.06. The van der Waals surface area contributed by atoms with Crippen molar-refractivity contribution < 1.29 is 9.47 Å². The molecule has 0 amide bonds. The molecule has 0 saturated heterocycles. The van der Waals surface area contributed by atoms with E-state index in [-0.39, 0.29) is 0 Å². The summed E-state index contributed by atoms with van der Waals surface area (Å²) >= 11 is 0. The Morgan fingerprint density at radius 1 is 1.22 bits per heavy atom. The van der Waals surface area contributed by atoms with Crippen LogP contribution in [0.1, 0.15) is 37.9 Å². The molecule has 1 atom stereocenters. The van der Waals surface area contributed by atoms with Gasteiger partial charge in [0.25, 0.3) is 0 Å². The summed E-state index contributed by atoms with van der Waals surface area (Å²) < 4.78 is 10.9.